The van der Waals surface area contributed by atoms with Crippen LogP contribution in [0.3, 0.4) is 0 Å². The molecule has 1 unspecified atom stereocenters. The van der Waals surface area contributed by atoms with E-state index in [-0.39, 0.29) is 19.0 Å². The normalized spacial score (nSPS) is 11.5. The van der Waals surface area contributed by atoms with Gasteiger partial charge >= 0.3 is 0 Å². The first-order valence-corrected chi connectivity index (χ1v) is 9.18. The lowest BCUT2D eigenvalue weighted by atomic mass is 10.1. The number of guanidine groups is 1. The SMILES string of the molecule is N=C(N)NCC(=O)NCC(=O)NC(CCCN)c1nc(Cc2ccccc2)no1. The van der Waals surface area contributed by atoms with E-state index in [2.05, 4.69) is 26.1 Å². The predicted octanol–water partition coefficient (Wildman–Crippen LogP) is -0.844. The quantitative estimate of drug-likeness (QED) is 0.207. The molecule has 2 aromatic rings. The number of carbonyl (C=O) groups excluding carboxylic acids is 2. The van der Waals surface area contributed by atoms with Crippen molar-refractivity contribution in [2.24, 2.45) is 11.5 Å². The number of nitrogens with zero attached hydrogens (tertiary/aromatic N) is 2. The van der Waals surface area contributed by atoms with Crippen LogP contribution in [0.4, 0.5) is 0 Å². The predicted molar refractivity (Wildman–Crippen MR) is 106 cm³/mol. The van der Waals surface area contributed by atoms with Gasteiger partial charge in [-0.2, -0.15) is 4.98 Å². The molecule has 11 heteroatoms. The molecule has 1 aromatic heterocycles. The Morgan fingerprint density at radius 2 is 1.86 bits per heavy atom. The van der Waals surface area contributed by atoms with Gasteiger partial charge < -0.3 is 31.9 Å². The minimum atomic E-state index is -0.504. The maximum absolute atomic E-state index is 12.2. The fraction of sp³-hybridized carbons (Fsp3) is 0.389. The summed E-state index contributed by atoms with van der Waals surface area (Å²) in [6.07, 6.45) is 1.69. The second kappa shape index (κ2) is 11.4. The molecule has 2 amide bonds. The van der Waals surface area contributed by atoms with Crippen molar-refractivity contribution < 1.29 is 14.1 Å². The minimum absolute atomic E-state index is 0.189. The zero-order chi connectivity index (χ0) is 21.1. The molecule has 0 bridgehead atoms. The van der Waals surface area contributed by atoms with Crippen molar-refractivity contribution in [3.05, 3.63) is 47.6 Å². The molecule has 29 heavy (non-hydrogen) atoms. The molecule has 0 aliphatic rings. The molecule has 2 rings (SSSR count). The summed E-state index contributed by atoms with van der Waals surface area (Å²) in [5, 5.41) is 18.5. The highest BCUT2D eigenvalue weighted by Crippen LogP contribution is 2.17. The standard InChI is InChI=1S/C18H26N8O3/c19-8-4-7-13(24-16(28)11-22-15(27)10-23-18(20)21)17-25-14(26-29-17)9-12-5-2-1-3-6-12/h1-3,5-6,13H,4,7-11,19H2,(H,22,27)(H,24,28)(H4,20,21,23). The van der Waals surface area contributed by atoms with Gasteiger partial charge in [0.2, 0.25) is 17.7 Å². The number of nitrogens with one attached hydrogen (secondary N) is 4. The van der Waals surface area contributed by atoms with Crippen LogP contribution in [0.1, 0.15) is 36.2 Å². The molecule has 0 radical (unpaired) electrons. The number of carbonyl (C=O) groups is 2. The Morgan fingerprint density at radius 1 is 1.14 bits per heavy atom. The molecular weight excluding hydrogens is 376 g/mol. The number of rotatable bonds is 11. The van der Waals surface area contributed by atoms with Crippen LogP contribution in [0.2, 0.25) is 0 Å². The van der Waals surface area contributed by atoms with Crippen LogP contribution >= 0.6 is 0 Å². The average molecular weight is 402 g/mol. The zero-order valence-corrected chi connectivity index (χ0v) is 16.0. The van der Waals surface area contributed by atoms with Crippen molar-refractivity contribution >= 4 is 17.8 Å². The molecule has 0 aliphatic heterocycles. The van der Waals surface area contributed by atoms with Crippen LogP contribution in [0.15, 0.2) is 34.9 Å². The summed E-state index contributed by atoms with van der Waals surface area (Å²) >= 11 is 0. The number of hydrogen-bond acceptors (Lipinski definition) is 7. The number of amides is 2. The van der Waals surface area contributed by atoms with E-state index in [1.54, 1.807) is 0 Å². The lowest BCUT2D eigenvalue weighted by molar-refractivity contribution is -0.126. The molecule has 11 nitrogen and oxygen atoms in total. The van der Waals surface area contributed by atoms with Crippen LogP contribution in [0.5, 0.6) is 0 Å². The van der Waals surface area contributed by atoms with Crippen LogP contribution in [-0.2, 0) is 16.0 Å². The largest absolute Gasteiger partial charge is 0.370 e. The van der Waals surface area contributed by atoms with E-state index in [1.807, 2.05) is 30.3 Å². The van der Waals surface area contributed by atoms with Gasteiger partial charge in [0.05, 0.1) is 13.1 Å². The van der Waals surface area contributed by atoms with Crippen molar-refractivity contribution in [3.63, 3.8) is 0 Å². The first-order valence-electron chi connectivity index (χ1n) is 9.18. The summed E-state index contributed by atoms with van der Waals surface area (Å²) in [5.41, 5.74) is 11.7. The van der Waals surface area contributed by atoms with Crippen LogP contribution in [0, 0.1) is 5.41 Å². The first kappa shape index (κ1) is 21.8. The van der Waals surface area contributed by atoms with Gasteiger partial charge in [0.15, 0.2) is 11.8 Å². The van der Waals surface area contributed by atoms with Gasteiger partial charge in [-0.3, -0.25) is 15.0 Å². The summed E-state index contributed by atoms with van der Waals surface area (Å²) in [6, 6.07) is 9.22. The minimum Gasteiger partial charge on any atom is -0.370 e. The molecule has 0 saturated heterocycles. The highest BCUT2D eigenvalue weighted by molar-refractivity contribution is 5.88. The van der Waals surface area contributed by atoms with E-state index < -0.39 is 17.9 Å². The van der Waals surface area contributed by atoms with E-state index in [4.69, 9.17) is 21.4 Å². The first-order chi connectivity index (χ1) is 14.0. The molecule has 0 spiro atoms. The third-order valence-electron chi connectivity index (χ3n) is 3.90. The van der Waals surface area contributed by atoms with E-state index >= 15 is 0 Å². The Hall–Kier alpha value is -3.47. The maximum Gasteiger partial charge on any atom is 0.249 e. The Balaban J connectivity index is 1.92. The van der Waals surface area contributed by atoms with Crippen LogP contribution < -0.4 is 27.4 Å². The van der Waals surface area contributed by atoms with E-state index in [0.29, 0.717) is 37.5 Å². The van der Waals surface area contributed by atoms with Crippen LogP contribution in [-0.4, -0.2) is 47.5 Å². The molecule has 0 saturated carbocycles. The molecule has 0 fully saturated rings. The fourth-order valence-electron chi connectivity index (χ4n) is 2.50. The topological polar surface area (TPSA) is 185 Å². The third kappa shape index (κ3) is 7.97. The zero-order valence-electron chi connectivity index (χ0n) is 16.0. The summed E-state index contributed by atoms with van der Waals surface area (Å²) in [5.74, 6) is -0.388. The second-order valence-electron chi connectivity index (χ2n) is 6.31. The fourth-order valence-corrected chi connectivity index (χ4v) is 2.50. The monoisotopic (exact) mass is 402 g/mol. The molecule has 1 atom stereocenters. The summed E-state index contributed by atoms with van der Waals surface area (Å²) < 4.78 is 5.34. The molecular formula is C18H26N8O3. The highest BCUT2D eigenvalue weighted by atomic mass is 16.5. The van der Waals surface area contributed by atoms with Gasteiger partial charge in [0.1, 0.15) is 6.04 Å². The number of hydrogen-bond donors (Lipinski definition) is 6. The molecule has 1 heterocycles. The average Bonchev–Trinajstić information content (AvgIpc) is 3.17. The highest BCUT2D eigenvalue weighted by Gasteiger charge is 2.21. The number of aromatic nitrogens is 2. The maximum atomic E-state index is 12.2. The molecule has 8 N–H and O–H groups in total. The van der Waals surface area contributed by atoms with Crippen molar-refractivity contribution in [3.8, 4) is 0 Å². The smallest absolute Gasteiger partial charge is 0.249 e. The van der Waals surface area contributed by atoms with Crippen molar-refractivity contribution in [1.82, 2.24) is 26.1 Å². The lowest BCUT2D eigenvalue weighted by Crippen LogP contribution is -2.44. The van der Waals surface area contributed by atoms with E-state index in [9.17, 15) is 9.59 Å². The van der Waals surface area contributed by atoms with Gasteiger partial charge in [0.25, 0.3) is 0 Å². The summed E-state index contributed by atoms with van der Waals surface area (Å²) in [4.78, 5) is 28.2. The Bertz CT molecular complexity index is 808. The number of nitrogens with two attached hydrogens (primary N) is 2. The molecule has 0 aliphatic carbocycles. The lowest BCUT2D eigenvalue weighted by Gasteiger charge is -2.15. The summed E-state index contributed by atoms with van der Waals surface area (Å²) in [6.45, 7) is 0.0269. The van der Waals surface area contributed by atoms with Gasteiger partial charge in [-0.05, 0) is 24.9 Å². The molecule has 156 valence electrons. The van der Waals surface area contributed by atoms with E-state index in [0.717, 1.165) is 5.56 Å². The Morgan fingerprint density at radius 3 is 2.55 bits per heavy atom. The van der Waals surface area contributed by atoms with Crippen molar-refractivity contribution in [2.75, 3.05) is 19.6 Å². The van der Waals surface area contributed by atoms with Gasteiger partial charge in [-0.25, -0.2) is 0 Å². The van der Waals surface area contributed by atoms with Gasteiger partial charge in [-0.1, -0.05) is 35.5 Å². The number of benzene rings is 1. The summed E-state index contributed by atoms with van der Waals surface area (Å²) in [7, 11) is 0. The molecule has 1 aromatic carbocycles. The second-order valence-corrected chi connectivity index (χ2v) is 6.31. The van der Waals surface area contributed by atoms with E-state index in [1.165, 1.54) is 0 Å². The van der Waals surface area contributed by atoms with Crippen molar-refractivity contribution in [2.45, 2.75) is 25.3 Å². The van der Waals surface area contributed by atoms with Gasteiger partial charge in [0, 0.05) is 6.42 Å². The van der Waals surface area contributed by atoms with Crippen molar-refractivity contribution in [1.29, 1.82) is 5.41 Å². The van der Waals surface area contributed by atoms with Crippen LogP contribution in [0.25, 0.3) is 0 Å². The third-order valence-corrected chi connectivity index (χ3v) is 3.90. The van der Waals surface area contributed by atoms with Gasteiger partial charge in [-0.15, -0.1) is 0 Å². The Labute approximate surface area is 168 Å². The Kier molecular flexibility index (Phi) is 8.57.